The van der Waals surface area contributed by atoms with Crippen LogP contribution in [-0.2, 0) is 0 Å². The second kappa shape index (κ2) is 3.34. The highest BCUT2D eigenvalue weighted by Crippen LogP contribution is 2.25. The molecule has 76 valence electrons. The minimum Gasteiger partial charge on any atom is -0.382 e. The molecule has 0 atom stereocenters. The molecule has 0 saturated heterocycles. The van der Waals surface area contributed by atoms with Crippen LogP contribution in [0.5, 0.6) is 0 Å². The zero-order chi connectivity index (χ0) is 10.1. The fourth-order valence-corrected chi connectivity index (χ4v) is 1.46. The SMILES string of the molecule is c1cc(-c2nn[nH]n2)ccc1NC1CC1. The van der Waals surface area contributed by atoms with E-state index in [1.165, 1.54) is 12.8 Å². The van der Waals surface area contributed by atoms with Crippen LogP contribution in [0.15, 0.2) is 24.3 Å². The van der Waals surface area contributed by atoms with Gasteiger partial charge in [0.1, 0.15) is 0 Å². The van der Waals surface area contributed by atoms with Gasteiger partial charge in [-0.3, -0.25) is 0 Å². The number of hydrogen-bond donors (Lipinski definition) is 2. The van der Waals surface area contributed by atoms with Crippen molar-refractivity contribution in [3.05, 3.63) is 24.3 Å². The normalized spacial score (nSPS) is 15.2. The maximum Gasteiger partial charge on any atom is 0.204 e. The van der Waals surface area contributed by atoms with Crippen molar-refractivity contribution in [2.75, 3.05) is 5.32 Å². The van der Waals surface area contributed by atoms with E-state index in [2.05, 4.69) is 25.9 Å². The molecule has 0 radical (unpaired) electrons. The van der Waals surface area contributed by atoms with E-state index in [9.17, 15) is 0 Å². The summed E-state index contributed by atoms with van der Waals surface area (Å²) in [6.45, 7) is 0. The second-order valence-electron chi connectivity index (χ2n) is 3.73. The number of benzene rings is 1. The molecular formula is C10H11N5. The van der Waals surface area contributed by atoms with Gasteiger partial charge in [-0.2, -0.15) is 5.21 Å². The standard InChI is InChI=1S/C10H11N5/c1-3-8(11-9-5-6-9)4-2-7(1)10-12-14-15-13-10/h1-4,9,11H,5-6H2,(H,12,13,14,15). The van der Waals surface area contributed by atoms with E-state index in [0.717, 1.165) is 11.3 Å². The van der Waals surface area contributed by atoms with Gasteiger partial charge in [-0.15, -0.1) is 10.2 Å². The Balaban J connectivity index is 1.80. The van der Waals surface area contributed by atoms with Gasteiger partial charge in [0.25, 0.3) is 0 Å². The van der Waals surface area contributed by atoms with Crippen molar-refractivity contribution in [2.45, 2.75) is 18.9 Å². The van der Waals surface area contributed by atoms with Crippen LogP contribution in [0.1, 0.15) is 12.8 Å². The minimum absolute atomic E-state index is 0.632. The molecule has 0 spiro atoms. The third kappa shape index (κ3) is 1.81. The molecule has 1 heterocycles. The Bertz CT molecular complexity index is 429. The molecule has 5 nitrogen and oxygen atoms in total. The summed E-state index contributed by atoms with van der Waals surface area (Å²) < 4.78 is 0. The molecule has 0 amide bonds. The molecule has 1 aliphatic carbocycles. The van der Waals surface area contributed by atoms with E-state index in [0.29, 0.717) is 11.9 Å². The minimum atomic E-state index is 0.632. The average Bonchev–Trinajstić information content (AvgIpc) is 2.92. The van der Waals surface area contributed by atoms with Crippen LogP contribution in [0.3, 0.4) is 0 Å². The van der Waals surface area contributed by atoms with E-state index < -0.39 is 0 Å². The molecule has 15 heavy (non-hydrogen) atoms. The van der Waals surface area contributed by atoms with Crippen LogP contribution in [0.4, 0.5) is 5.69 Å². The zero-order valence-corrected chi connectivity index (χ0v) is 8.14. The van der Waals surface area contributed by atoms with Gasteiger partial charge in [0.2, 0.25) is 5.82 Å². The van der Waals surface area contributed by atoms with E-state index in [1.807, 2.05) is 24.3 Å². The summed E-state index contributed by atoms with van der Waals surface area (Å²) in [5.74, 6) is 0.632. The molecule has 3 rings (SSSR count). The smallest absolute Gasteiger partial charge is 0.204 e. The van der Waals surface area contributed by atoms with Crippen LogP contribution in [0.2, 0.25) is 0 Å². The number of aromatic nitrogens is 4. The summed E-state index contributed by atoms with van der Waals surface area (Å²) in [7, 11) is 0. The first-order valence-electron chi connectivity index (χ1n) is 5.02. The van der Waals surface area contributed by atoms with Gasteiger partial charge in [0, 0.05) is 17.3 Å². The van der Waals surface area contributed by atoms with Crippen molar-refractivity contribution >= 4 is 5.69 Å². The predicted molar refractivity (Wildman–Crippen MR) is 56.3 cm³/mol. The Labute approximate surface area is 86.9 Å². The van der Waals surface area contributed by atoms with E-state index in [-0.39, 0.29) is 0 Å². The van der Waals surface area contributed by atoms with Crippen LogP contribution in [-0.4, -0.2) is 26.7 Å². The first-order valence-corrected chi connectivity index (χ1v) is 5.02. The predicted octanol–water partition coefficient (Wildman–Crippen LogP) is 1.44. The van der Waals surface area contributed by atoms with Crippen molar-refractivity contribution in [3.8, 4) is 11.4 Å². The Hall–Kier alpha value is -1.91. The molecular weight excluding hydrogens is 190 g/mol. The van der Waals surface area contributed by atoms with Crippen LogP contribution in [0.25, 0.3) is 11.4 Å². The molecule has 1 aliphatic rings. The number of hydrogen-bond acceptors (Lipinski definition) is 4. The van der Waals surface area contributed by atoms with Gasteiger partial charge in [-0.25, -0.2) is 0 Å². The summed E-state index contributed by atoms with van der Waals surface area (Å²) in [6.07, 6.45) is 2.57. The van der Waals surface area contributed by atoms with E-state index in [1.54, 1.807) is 0 Å². The third-order valence-corrected chi connectivity index (χ3v) is 2.44. The van der Waals surface area contributed by atoms with Crippen molar-refractivity contribution in [1.82, 2.24) is 20.6 Å². The molecule has 0 bridgehead atoms. The number of nitrogens with zero attached hydrogens (tertiary/aromatic N) is 3. The summed E-state index contributed by atoms with van der Waals surface area (Å²) >= 11 is 0. The number of rotatable bonds is 3. The Morgan fingerprint density at radius 2 is 2.00 bits per heavy atom. The maximum atomic E-state index is 3.92. The topological polar surface area (TPSA) is 66.5 Å². The molecule has 0 aliphatic heterocycles. The average molecular weight is 201 g/mol. The second-order valence-corrected chi connectivity index (χ2v) is 3.73. The molecule has 0 unspecified atom stereocenters. The molecule has 2 N–H and O–H groups in total. The Kier molecular flexibility index (Phi) is 1.87. The summed E-state index contributed by atoms with van der Waals surface area (Å²) in [5, 5.41) is 17.2. The summed E-state index contributed by atoms with van der Waals surface area (Å²) in [4.78, 5) is 0. The lowest BCUT2D eigenvalue weighted by Crippen LogP contribution is -1.99. The van der Waals surface area contributed by atoms with E-state index >= 15 is 0 Å². The van der Waals surface area contributed by atoms with Crippen molar-refractivity contribution in [1.29, 1.82) is 0 Å². The fraction of sp³-hybridized carbons (Fsp3) is 0.300. The van der Waals surface area contributed by atoms with Crippen LogP contribution in [0, 0.1) is 0 Å². The van der Waals surface area contributed by atoms with Gasteiger partial charge in [0.15, 0.2) is 0 Å². The van der Waals surface area contributed by atoms with Crippen LogP contribution < -0.4 is 5.32 Å². The maximum absolute atomic E-state index is 3.92. The molecule has 5 heteroatoms. The number of nitrogens with one attached hydrogen (secondary N) is 2. The largest absolute Gasteiger partial charge is 0.382 e. The zero-order valence-electron chi connectivity index (χ0n) is 8.14. The number of anilines is 1. The van der Waals surface area contributed by atoms with Crippen LogP contribution >= 0.6 is 0 Å². The molecule has 1 aromatic carbocycles. The lowest BCUT2D eigenvalue weighted by Gasteiger charge is -2.03. The van der Waals surface area contributed by atoms with Crippen molar-refractivity contribution in [3.63, 3.8) is 0 Å². The monoisotopic (exact) mass is 201 g/mol. The highest BCUT2D eigenvalue weighted by atomic mass is 15.5. The van der Waals surface area contributed by atoms with Gasteiger partial charge in [-0.1, -0.05) is 0 Å². The van der Waals surface area contributed by atoms with Gasteiger partial charge < -0.3 is 5.32 Å². The highest BCUT2D eigenvalue weighted by molar-refractivity contribution is 5.59. The molecule has 1 saturated carbocycles. The fourth-order valence-electron chi connectivity index (χ4n) is 1.46. The number of tetrazole rings is 1. The lowest BCUT2D eigenvalue weighted by molar-refractivity contribution is 0.881. The number of aromatic amines is 1. The summed E-state index contributed by atoms with van der Waals surface area (Å²) in [5.41, 5.74) is 2.13. The Morgan fingerprint density at radius 3 is 2.60 bits per heavy atom. The van der Waals surface area contributed by atoms with Gasteiger partial charge >= 0.3 is 0 Å². The highest BCUT2D eigenvalue weighted by Gasteiger charge is 2.20. The quantitative estimate of drug-likeness (QED) is 0.788. The third-order valence-electron chi connectivity index (χ3n) is 2.44. The molecule has 1 aromatic heterocycles. The Morgan fingerprint density at radius 1 is 1.20 bits per heavy atom. The number of H-pyrrole nitrogens is 1. The first kappa shape index (κ1) is 8.40. The van der Waals surface area contributed by atoms with E-state index in [4.69, 9.17) is 0 Å². The molecule has 2 aromatic rings. The van der Waals surface area contributed by atoms with Gasteiger partial charge in [0.05, 0.1) is 0 Å². The van der Waals surface area contributed by atoms with Crippen molar-refractivity contribution < 1.29 is 0 Å². The summed E-state index contributed by atoms with van der Waals surface area (Å²) in [6, 6.07) is 8.76. The van der Waals surface area contributed by atoms with Gasteiger partial charge in [-0.05, 0) is 42.3 Å². The first-order chi connectivity index (χ1) is 7.42. The molecule has 1 fully saturated rings. The van der Waals surface area contributed by atoms with Crippen molar-refractivity contribution in [2.24, 2.45) is 0 Å². The lowest BCUT2D eigenvalue weighted by atomic mass is 10.2.